The molecule has 0 saturated carbocycles. The van der Waals surface area contributed by atoms with Gasteiger partial charge < -0.3 is 0 Å². The summed E-state index contributed by atoms with van der Waals surface area (Å²) in [5, 5.41) is 3.86. The minimum absolute atomic E-state index is 0.116. The number of amides is 1. The Labute approximate surface area is 136 Å². The highest BCUT2D eigenvalue weighted by Gasteiger charge is 2.21. The fourth-order valence-electron chi connectivity index (χ4n) is 2.33. The van der Waals surface area contributed by atoms with Crippen LogP contribution in [0.5, 0.6) is 0 Å². The van der Waals surface area contributed by atoms with E-state index in [0.717, 1.165) is 25.0 Å². The second-order valence-electron chi connectivity index (χ2n) is 5.16. The van der Waals surface area contributed by atoms with E-state index in [-0.39, 0.29) is 21.8 Å². The molecule has 0 fully saturated rings. The number of halogens is 2. The number of rotatable bonds is 2. The minimum Gasteiger partial charge on any atom is -0.296 e. The Morgan fingerprint density at radius 1 is 1.38 bits per heavy atom. The lowest BCUT2D eigenvalue weighted by Gasteiger charge is -2.15. The van der Waals surface area contributed by atoms with Gasteiger partial charge in [-0.15, -0.1) is 11.3 Å². The number of thiazole rings is 1. The van der Waals surface area contributed by atoms with Crippen LogP contribution in [0.3, 0.4) is 0 Å². The fraction of sp³-hybridized carbons (Fsp3) is 0.357. The van der Waals surface area contributed by atoms with Crippen molar-refractivity contribution >= 4 is 45.6 Å². The molecule has 0 saturated heterocycles. The number of pyridine rings is 1. The zero-order valence-corrected chi connectivity index (χ0v) is 13.6. The number of carbonyl (C=O) groups is 1. The van der Waals surface area contributed by atoms with E-state index in [1.165, 1.54) is 16.2 Å². The molecule has 1 N–H and O–H groups in total. The van der Waals surface area contributed by atoms with Gasteiger partial charge in [-0.3, -0.25) is 10.1 Å². The van der Waals surface area contributed by atoms with Gasteiger partial charge in [0.1, 0.15) is 10.8 Å². The molecule has 0 aliphatic heterocycles. The van der Waals surface area contributed by atoms with Gasteiger partial charge in [0.2, 0.25) is 0 Å². The van der Waals surface area contributed by atoms with Crippen molar-refractivity contribution in [1.29, 1.82) is 0 Å². The smallest absolute Gasteiger partial charge is 0.277 e. The third-order valence-electron chi connectivity index (χ3n) is 3.43. The highest BCUT2D eigenvalue weighted by Crippen LogP contribution is 2.32. The molecule has 1 unspecified atom stereocenters. The largest absolute Gasteiger partial charge is 0.296 e. The highest BCUT2D eigenvalue weighted by molar-refractivity contribution is 7.15. The Balaban J connectivity index is 1.80. The molecule has 0 spiro atoms. The number of aromatic nitrogens is 2. The number of aryl methyl sites for hydroxylation is 1. The van der Waals surface area contributed by atoms with E-state index in [1.54, 1.807) is 12.1 Å². The van der Waals surface area contributed by atoms with Gasteiger partial charge in [-0.05, 0) is 37.3 Å². The first-order valence-corrected chi connectivity index (χ1v) is 8.22. The van der Waals surface area contributed by atoms with E-state index < -0.39 is 0 Å². The SMILES string of the molecule is CC1CCc2nc(NC(=O)c3nc(Cl)ccc3Cl)sc2C1. The molecular formula is C14H13Cl2N3OS. The van der Waals surface area contributed by atoms with Crippen molar-refractivity contribution in [1.82, 2.24) is 9.97 Å². The van der Waals surface area contributed by atoms with Crippen molar-refractivity contribution < 1.29 is 4.79 Å². The van der Waals surface area contributed by atoms with Gasteiger partial charge in [-0.1, -0.05) is 30.1 Å². The molecule has 0 bridgehead atoms. The number of fused-ring (bicyclic) bond motifs is 1. The van der Waals surface area contributed by atoms with Gasteiger partial charge in [0.25, 0.3) is 5.91 Å². The van der Waals surface area contributed by atoms with Crippen LogP contribution in [0.15, 0.2) is 12.1 Å². The molecule has 1 aliphatic rings. The van der Waals surface area contributed by atoms with Gasteiger partial charge in [-0.2, -0.15) is 0 Å². The maximum absolute atomic E-state index is 12.2. The van der Waals surface area contributed by atoms with Gasteiger partial charge in [0, 0.05) is 4.88 Å². The quantitative estimate of drug-likeness (QED) is 0.832. The molecule has 2 heterocycles. The van der Waals surface area contributed by atoms with Gasteiger partial charge in [0.05, 0.1) is 10.7 Å². The van der Waals surface area contributed by atoms with Crippen molar-refractivity contribution in [2.45, 2.75) is 26.2 Å². The van der Waals surface area contributed by atoms with Crippen molar-refractivity contribution in [3.8, 4) is 0 Å². The summed E-state index contributed by atoms with van der Waals surface area (Å²) < 4.78 is 0. The van der Waals surface area contributed by atoms with E-state index in [4.69, 9.17) is 23.2 Å². The molecule has 7 heteroatoms. The molecule has 110 valence electrons. The third-order valence-corrected chi connectivity index (χ3v) is 4.98. The van der Waals surface area contributed by atoms with Crippen LogP contribution in [0.4, 0.5) is 5.13 Å². The highest BCUT2D eigenvalue weighted by atomic mass is 35.5. The van der Waals surface area contributed by atoms with E-state index in [9.17, 15) is 4.79 Å². The average molecular weight is 342 g/mol. The fourth-order valence-corrected chi connectivity index (χ4v) is 3.83. The van der Waals surface area contributed by atoms with E-state index in [1.807, 2.05) is 0 Å². The Morgan fingerprint density at radius 2 is 2.19 bits per heavy atom. The summed E-state index contributed by atoms with van der Waals surface area (Å²) in [6.45, 7) is 2.23. The summed E-state index contributed by atoms with van der Waals surface area (Å²) in [6.07, 6.45) is 3.14. The molecule has 1 atom stereocenters. The summed E-state index contributed by atoms with van der Waals surface area (Å²) in [5.74, 6) is 0.284. The Bertz CT molecular complexity index is 702. The van der Waals surface area contributed by atoms with Crippen LogP contribution in [0.25, 0.3) is 0 Å². The molecule has 3 rings (SSSR count). The van der Waals surface area contributed by atoms with E-state index in [2.05, 4.69) is 22.2 Å². The second-order valence-corrected chi connectivity index (χ2v) is 7.03. The van der Waals surface area contributed by atoms with Crippen LogP contribution in [-0.4, -0.2) is 15.9 Å². The summed E-state index contributed by atoms with van der Waals surface area (Å²) in [6, 6.07) is 3.10. The number of anilines is 1. The first-order chi connectivity index (χ1) is 10.0. The van der Waals surface area contributed by atoms with Crippen LogP contribution >= 0.6 is 34.5 Å². The maximum Gasteiger partial charge on any atom is 0.277 e. The molecule has 4 nitrogen and oxygen atoms in total. The van der Waals surface area contributed by atoms with Crippen LogP contribution in [-0.2, 0) is 12.8 Å². The Kier molecular flexibility index (Phi) is 4.15. The van der Waals surface area contributed by atoms with Crippen molar-refractivity contribution in [2.24, 2.45) is 5.92 Å². The summed E-state index contributed by atoms with van der Waals surface area (Å²) in [7, 11) is 0. The predicted octanol–water partition coefficient (Wildman–Crippen LogP) is 4.22. The topological polar surface area (TPSA) is 54.9 Å². The van der Waals surface area contributed by atoms with Gasteiger partial charge in [0.15, 0.2) is 5.13 Å². The predicted molar refractivity (Wildman–Crippen MR) is 85.5 cm³/mol. The van der Waals surface area contributed by atoms with Crippen molar-refractivity contribution in [3.63, 3.8) is 0 Å². The normalized spacial score (nSPS) is 17.4. The lowest BCUT2D eigenvalue weighted by atomic mass is 9.93. The number of nitrogens with one attached hydrogen (secondary N) is 1. The Hall–Kier alpha value is -1.17. The van der Waals surface area contributed by atoms with Crippen molar-refractivity contribution in [2.75, 3.05) is 5.32 Å². The minimum atomic E-state index is -0.387. The zero-order valence-electron chi connectivity index (χ0n) is 11.3. The Morgan fingerprint density at radius 3 is 3.00 bits per heavy atom. The molecular weight excluding hydrogens is 329 g/mol. The molecule has 1 amide bonds. The van der Waals surface area contributed by atoms with Crippen molar-refractivity contribution in [3.05, 3.63) is 38.6 Å². The third kappa shape index (κ3) is 3.20. The molecule has 0 radical (unpaired) electrons. The number of nitrogens with zero attached hydrogens (tertiary/aromatic N) is 2. The van der Waals surface area contributed by atoms with Crippen LogP contribution < -0.4 is 5.32 Å². The lowest BCUT2D eigenvalue weighted by Crippen LogP contribution is -2.14. The summed E-state index contributed by atoms with van der Waals surface area (Å²) >= 11 is 13.3. The van der Waals surface area contributed by atoms with Crippen LogP contribution in [0, 0.1) is 5.92 Å². The van der Waals surface area contributed by atoms with Crippen LogP contribution in [0.1, 0.15) is 34.4 Å². The second kappa shape index (κ2) is 5.91. The van der Waals surface area contributed by atoms with E-state index >= 15 is 0 Å². The van der Waals surface area contributed by atoms with Crippen LogP contribution in [0.2, 0.25) is 10.2 Å². The molecule has 2 aromatic rings. The number of carbonyl (C=O) groups excluding carboxylic acids is 1. The average Bonchev–Trinajstić information content (AvgIpc) is 2.82. The molecule has 2 aromatic heterocycles. The standard InChI is InChI=1S/C14H13Cl2N3OS/c1-7-2-4-9-10(6-7)21-14(17-9)19-13(20)12-8(15)3-5-11(16)18-12/h3,5,7H,2,4,6H2,1H3,(H,17,19,20). The lowest BCUT2D eigenvalue weighted by molar-refractivity contribution is 0.102. The molecule has 1 aliphatic carbocycles. The molecule has 0 aromatic carbocycles. The monoisotopic (exact) mass is 341 g/mol. The first kappa shape index (κ1) is 14.8. The molecule has 21 heavy (non-hydrogen) atoms. The summed E-state index contributed by atoms with van der Waals surface area (Å²) in [5.41, 5.74) is 1.21. The summed E-state index contributed by atoms with van der Waals surface area (Å²) in [4.78, 5) is 21.9. The van der Waals surface area contributed by atoms with Gasteiger partial charge >= 0.3 is 0 Å². The number of hydrogen-bond donors (Lipinski definition) is 1. The maximum atomic E-state index is 12.2. The number of hydrogen-bond acceptors (Lipinski definition) is 4. The van der Waals surface area contributed by atoms with Gasteiger partial charge in [-0.25, -0.2) is 9.97 Å². The van der Waals surface area contributed by atoms with E-state index in [0.29, 0.717) is 11.0 Å². The zero-order chi connectivity index (χ0) is 15.0. The first-order valence-electron chi connectivity index (χ1n) is 6.65.